The molecule has 0 unspecified atom stereocenters. The van der Waals surface area contributed by atoms with Crippen LogP contribution < -0.4 is 4.90 Å². The first-order valence-corrected chi connectivity index (χ1v) is 6.27. The van der Waals surface area contributed by atoms with E-state index in [0.29, 0.717) is 5.15 Å². The number of rotatable bonds is 2. The van der Waals surface area contributed by atoms with E-state index in [-0.39, 0.29) is 0 Å². The van der Waals surface area contributed by atoms with Crippen molar-refractivity contribution in [1.29, 1.82) is 0 Å². The third-order valence-corrected chi connectivity index (χ3v) is 3.48. The van der Waals surface area contributed by atoms with Crippen LogP contribution in [0.2, 0.25) is 5.15 Å². The molecule has 1 aliphatic heterocycles. The predicted molar refractivity (Wildman–Crippen MR) is 70.0 cm³/mol. The smallest absolute Gasteiger partial charge is 0.166 e. The summed E-state index contributed by atoms with van der Waals surface area (Å²) in [4.78, 5) is 6.68. The molecule has 88 valence electrons. The summed E-state index contributed by atoms with van der Waals surface area (Å²) >= 11 is 6.40. The summed E-state index contributed by atoms with van der Waals surface area (Å²) in [6.45, 7) is 2.12. The molecule has 2 aromatic rings. The maximum Gasteiger partial charge on any atom is 0.166 e. The minimum absolute atomic E-state index is 0.707. The standard InChI is InChI=1S/C13H14ClN3/c14-12-13(16-8-4-5-9-16)15-10-17(12)11-6-2-1-3-7-11/h1-3,6-7,10H,4-5,8-9H2. The molecule has 0 aliphatic carbocycles. The van der Waals surface area contributed by atoms with Gasteiger partial charge in [0.1, 0.15) is 6.33 Å². The van der Waals surface area contributed by atoms with Crippen molar-refractivity contribution in [2.24, 2.45) is 0 Å². The van der Waals surface area contributed by atoms with Crippen molar-refractivity contribution in [2.45, 2.75) is 12.8 Å². The van der Waals surface area contributed by atoms with Gasteiger partial charge in [-0.25, -0.2) is 4.98 Å². The fourth-order valence-electron chi connectivity index (χ4n) is 2.23. The fraction of sp³-hybridized carbons (Fsp3) is 0.308. The summed E-state index contributed by atoms with van der Waals surface area (Å²) in [6, 6.07) is 10.1. The lowest BCUT2D eigenvalue weighted by molar-refractivity contribution is 0.945. The van der Waals surface area contributed by atoms with E-state index in [0.717, 1.165) is 24.6 Å². The van der Waals surface area contributed by atoms with Crippen molar-refractivity contribution in [3.05, 3.63) is 41.8 Å². The Kier molecular flexibility index (Phi) is 2.77. The molecule has 1 saturated heterocycles. The highest BCUT2D eigenvalue weighted by Gasteiger charge is 2.19. The van der Waals surface area contributed by atoms with Gasteiger partial charge in [0, 0.05) is 18.8 Å². The average molecular weight is 248 g/mol. The molecule has 0 amide bonds. The van der Waals surface area contributed by atoms with Crippen LogP contribution in [0.5, 0.6) is 0 Å². The van der Waals surface area contributed by atoms with Gasteiger partial charge in [0.2, 0.25) is 0 Å². The minimum atomic E-state index is 0.707. The molecule has 3 rings (SSSR count). The van der Waals surface area contributed by atoms with Gasteiger partial charge in [-0.2, -0.15) is 0 Å². The summed E-state index contributed by atoms with van der Waals surface area (Å²) in [5.74, 6) is 0.910. The van der Waals surface area contributed by atoms with Crippen molar-refractivity contribution in [1.82, 2.24) is 9.55 Å². The topological polar surface area (TPSA) is 21.1 Å². The number of imidazole rings is 1. The lowest BCUT2D eigenvalue weighted by Crippen LogP contribution is -2.18. The Labute approximate surface area is 106 Å². The van der Waals surface area contributed by atoms with E-state index in [1.807, 2.05) is 34.9 Å². The summed E-state index contributed by atoms with van der Waals surface area (Å²) in [5.41, 5.74) is 1.05. The first-order chi connectivity index (χ1) is 8.36. The van der Waals surface area contributed by atoms with E-state index in [2.05, 4.69) is 9.88 Å². The van der Waals surface area contributed by atoms with E-state index in [1.54, 1.807) is 6.33 Å². The molecule has 0 radical (unpaired) electrons. The predicted octanol–water partition coefficient (Wildman–Crippen LogP) is 3.13. The number of para-hydroxylation sites is 1. The summed E-state index contributed by atoms with van der Waals surface area (Å²) in [7, 11) is 0. The number of hydrogen-bond donors (Lipinski definition) is 0. The van der Waals surface area contributed by atoms with Gasteiger partial charge < -0.3 is 4.90 Å². The van der Waals surface area contributed by atoms with Crippen LogP contribution in [0.1, 0.15) is 12.8 Å². The van der Waals surface area contributed by atoms with Gasteiger partial charge in [0.05, 0.1) is 0 Å². The molecule has 0 saturated carbocycles. The van der Waals surface area contributed by atoms with E-state index >= 15 is 0 Å². The third-order valence-electron chi connectivity index (χ3n) is 3.13. The van der Waals surface area contributed by atoms with Crippen LogP contribution >= 0.6 is 11.6 Å². The SMILES string of the molecule is Clc1c(N2CCCC2)ncn1-c1ccccc1. The van der Waals surface area contributed by atoms with Gasteiger partial charge in [-0.15, -0.1) is 0 Å². The zero-order valence-electron chi connectivity index (χ0n) is 9.51. The molecule has 0 N–H and O–H groups in total. The Morgan fingerprint density at radius 1 is 1.06 bits per heavy atom. The maximum absolute atomic E-state index is 6.40. The van der Waals surface area contributed by atoms with Gasteiger partial charge in [0.25, 0.3) is 0 Å². The summed E-state index contributed by atoms with van der Waals surface area (Å²) in [5, 5.41) is 0.707. The van der Waals surface area contributed by atoms with E-state index < -0.39 is 0 Å². The number of nitrogens with zero attached hydrogens (tertiary/aromatic N) is 3. The Hall–Kier alpha value is -1.48. The summed E-state index contributed by atoms with van der Waals surface area (Å²) < 4.78 is 1.93. The quantitative estimate of drug-likeness (QED) is 0.813. The van der Waals surface area contributed by atoms with Crippen LogP contribution in [0, 0.1) is 0 Å². The van der Waals surface area contributed by atoms with Crippen LogP contribution in [0.3, 0.4) is 0 Å². The normalized spacial score (nSPS) is 15.5. The molecule has 1 aliphatic rings. The van der Waals surface area contributed by atoms with Crippen LogP contribution in [0.4, 0.5) is 5.82 Å². The van der Waals surface area contributed by atoms with Crippen molar-refractivity contribution < 1.29 is 0 Å². The molecule has 0 spiro atoms. The highest BCUT2D eigenvalue weighted by Crippen LogP contribution is 2.29. The molecule has 1 aromatic heterocycles. The van der Waals surface area contributed by atoms with Gasteiger partial charge in [-0.1, -0.05) is 29.8 Å². The highest BCUT2D eigenvalue weighted by atomic mass is 35.5. The molecular weight excluding hydrogens is 234 g/mol. The Morgan fingerprint density at radius 2 is 1.76 bits per heavy atom. The van der Waals surface area contributed by atoms with Crippen molar-refractivity contribution in [3.63, 3.8) is 0 Å². The fourth-order valence-corrected chi connectivity index (χ4v) is 2.54. The molecule has 3 nitrogen and oxygen atoms in total. The molecule has 0 atom stereocenters. The van der Waals surface area contributed by atoms with Gasteiger partial charge in [-0.3, -0.25) is 4.57 Å². The number of halogens is 1. The maximum atomic E-state index is 6.40. The second-order valence-electron chi connectivity index (χ2n) is 4.26. The van der Waals surface area contributed by atoms with Gasteiger partial charge >= 0.3 is 0 Å². The molecule has 0 bridgehead atoms. The van der Waals surface area contributed by atoms with E-state index in [9.17, 15) is 0 Å². The Bertz CT molecular complexity index is 501. The van der Waals surface area contributed by atoms with E-state index in [4.69, 9.17) is 11.6 Å². The van der Waals surface area contributed by atoms with Crippen LogP contribution in [-0.4, -0.2) is 22.6 Å². The van der Waals surface area contributed by atoms with Crippen LogP contribution in [-0.2, 0) is 0 Å². The largest absolute Gasteiger partial charge is 0.354 e. The molecule has 1 fully saturated rings. The minimum Gasteiger partial charge on any atom is -0.354 e. The van der Waals surface area contributed by atoms with Gasteiger partial charge in [0.15, 0.2) is 11.0 Å². The number of hydrogen-bond acceptors (Lipinski definition) is 2. The van der Waals surface area contributed by atoms with Crippen LogP contribution in [0.25, 0.3) is 5.69 Å². The number of benzene rings is 1. The lowest BCUT2D eigenvalue weighted by Gasteiger charge is -2.14. The zero-order chi connectivity index (χ0) is 11.7. The molecule has 2 heterocycles. The summed E-state index contributed by atoms with van der Waals surface area (Å²) in [6.07, 6.45) is 4.26. The first kappa shape index (κ1) is 10.7. The monoisotopic (exact) mass is 247 g/mol. The number of aromatic nitrogens is 2. The van der Waals surface area contributed by atoms with Crippen molar-refractivity contribution in [2.75, 3.05) is 18.0 Å². The molecule has 17 heavy (non-hydrogen) atoms. The highest BCUT2D eigenvalue weighted by molar-refractivity contribution is 6.32. The van der Waals surface area contributed by atoms with Crippen molar-refractivity contribution in [3.8, 4) is 5.69 Å². The molecule has 4 heteroatoms. The second kappa shape index (κ2) is 4.41. The molecular formula is C13H14ClN3. The lowest BCUT2D eigenvalue weighted by atomic mass is 10.3. The van der Waals surface area contributed by atoms with Crippen LogP contribution in [0.15, 0.2) is 36.7 Å². The first-order valence-electron chi connectivity index (χ1n) is 5.89. The third kappa shape index (κ3) is 1.91. The van der Waals surface area contributed by atoms with Gasteiger partial charge in [-0.05, 0) is 25.0 Å². The molecule has 1 aromatic carbocycles. The Morgan fingerprint density at radius 3 is 2.47 bits per heavy atom. The average Bonchev–Trinajstić information content (AvgIpc) is 2.99. The zero-order valence-corrected chi connectivity index (χ0v) is 10.3. The number of anilines is 1. The van der Waals surface area contributed by atoms with Crippen molar-refractivity contribution >= 4 is 17.4 Å². The Balaban J connectivity index is 1.97. The van der Waals surface area contributed by atoms with E-state index in [1.165, 1.54) is 12.8 Å². The second-order valence-corrected chi connectivity index (χ2v) is 4.62.